The van der Waals surface area contributed by atoms with Gasteiger partial charge >= 0.3 is 33.3 Å². The van der Waals surface area contributed by atoms with Gasteiger partial charge < -0.3 is 10.6 Å². The second kappa shape index (κ2) is 23.4. The van der Waals surface area contributed by atoms with Crippen LogP contribution in [-0.2, 0) is 37.6 Å². The molecule has 0 aromatic carbocycles. The molecule has 0 aromatic heterocycles. The van der Waals surface area contributed by atoms with E-state index < -0.39 is 5.97 Å². The second-order valence-electron chi connectivity index (χ2n) is 5.73. The maximum atomic E-state index is 10.3. The van der Waals surface area contributed by atoms with Gasteiger partial charge in [0.15, 0.2) is 0 Å². The number of carbonyl (C=O) groups is 1. The molecule has 22 heavy (non-hydrogen) atoms. The Morgan fingerprint density at radius 1 is 0.773 bits per heavy atom. The monoisotopic (exact) mass is 412 g/mol. The van der Waals surface area contributed by atoms with Gasteiger partial charge in [-0.2, -0.15) is 0 Å². The van der Waals surface area contributed by atoms with Crippen LogP contribution in [0.15, 0.2) is 12.2 Å². The van der Waals surface area contributed by atoms with Crippen LogP contribution in [-0.4, -0.2) is 11.1 Å². The quantitative estimate of drug-likeness (QED) is 0.205. The summed E-state index contributed by atoms with van der Waals surface area (Å²) in [4.78, 5) is 10.3. The van der Waals surface area contributed by atoms with Crippen LogP contribution in [0.25, 0.3) is 0 Å². The van der Waals surface area contributed by atoms with Gasteiger partial charge in [-0.25, -0.2) is 0 Å². The fraction of sp³-hybridized carbons (Fsp3) is 0.833. The van der Waals surface area contributed by atoms with Crippen LogP contribution in [0.4, 0.5) is 0 Å². The molecule has 0 fully saturated rings. The number of hydrogen-bond donors (Lipinski definition) is 1. The van der Waals surface area contributed by atoms with E-state index in [1.807, 2.05) is 0 Å². The molecule has 0 atom stereocenters. The van der Waals surface area contributed by atoms with E-state index >= 15 is 0 Å². The zero-order chi connectivity index (χ0) is 14.9. The zero-order valence-electron chi connectivity index (χ0n) is 14.5. The van der Waals surface area contributed by atoms with Crippen molar-refractivity contribution < 1.29 is 42.7 Å². The maximum Gasteiger partial charge on any atom is 2.00 e. The molecule has 0 rings (SSSR count). The van der Waals surface area contributed by atoms with E-state index in [2.05, 4.69) is 19.1 Å². The van der Waals surface area contributed by atoms with Gasteiger partial charge in [-0.3, -0.25) is 4.79 Å². The van der Waals surface area contributed by atoms with Gasteiger partial charge in [0, 0.05) is 6.42 Å². The predicted molar refractivity (Wildman–Crippen MR) is 87.8 cm³/mol. The van der Waals surface area contributed by atoms with E-state index in [4.69, 9.17) is 5.11 Å². The third-order valence-electron chi connectivity index (χ3n) is 3.65. The van der Waals surface area contributed by atoms with Gasteiger partial charge in [0.05, 0.1) is 0 Å². The molecule has 0 radical (unpaired) electrons. The van der Waals surface area contributed by atoms with Gasteiger partial charge in [-0.05, 0) is 32.1 Å². The van der Waals surface area contributed by atoms with Crippen molar-refractivity contribution in [3.8, 4) is 0 Å². The smallest absolute Gasteiger partial charge is 2.00 e. The van der Waals surface area contributed by atoms with Crippen LogP contribution in [0.1, 0.15) is 96.8 Å². The second-order valence-corrected chi connectivity index (χ2v) is 5.73. The molecule has 0 spiro atoms. The average Bonchev–Trinajstić information content (AvgIpc) is 2.43. The van der Waals surface area contributed by atoms with Gasteiger partial charge in [0.25, 0.3) is 0 Å². The van der Waals surface area contributed by atoms with Crippen molar-refractivity contribution in [3.63, 3.8) is 0 Å². The third-order valence-corrected chi connectivity index (χ3v) is 3.65. The molecule has 0 aliphatic carbocycles. The number of allylic oxidation sites excluding steroid dienone is 2. The Morgan fingerprint density at radius 3 is 1.64 bits per heavy atom. The van der Waals surface area contributed by atoms with Crippen LogP contribution in [0.3, 0.4) is 0 Å². The summed E-state index contributed by atoms with van der Waals surface area (Å²) in [6.45, 7) is 2.26. The molecule has 0 saturated heterocycles. The first kappa shape index (κ1) is 27.0. The summed E-state index contributed by atoms with van der Waals surface area (Å²) in [7, 11) is 0. The van der Waals surface area contributed by atoms with Crippen LogP contribution < -0.4 is 0 Å². The van der Waals surface area contributed by atoms with Gasteiger partial charge in [0.2, 0.25) is 0 Å². The van der Waals surface area contributed by atoms with Crippen molar-refractivity contribution in [2.24, 2.45) is 0 Å². The minimum atomic E-state index is -0.664. The predicted octanol–water partition coefficient (Wildman–Crippen LogP) is 5.99. The summed E-state index contributed by atoms with van der Waals surface area (Å²) in [6, 6.07) is 0. The minimum absolute atomic E-state index is 0. The van der Waals surface area contributed by atoms with Gasteiger partial charge in [-0.1, -0.05) is 70.4 Å². The van der Waals surface area contributed by atoms with Crippen LogP contribution in [0.2, 0.25) is 0 Å². The Kier molecular flexibility index (Phi) is 28.6. The molecule has 126 valence electrons. The van der Waals surface area contributed by atoms with Crippen molar-refractivity contribution in [3.05, 3.63) is 12.2 Å². The van der Waals surface area contributed by atoms with Crippen molar-refractivity contribution >= 4 is 5.97 Å². The molecule has 0 aliphatic heterocycles. The van der Waals surface area contributed by atoms with Crippen LogP contribution in [0.5, 0.6) is 0 Å². The first-order chi connectivity index (χ1) is 9.77. The molecule has 4 heteroatoms. The summed E-state index contributed by atoms with van der Waals surface area (Å²) in [6.07, 6.45) is 21.2. The summed E-state index contributed by atoms with van der Waals surface area (Å²) in [5, 5.41) is 8.51. The molecule has 0 aromatic rings. The molecule has 1 N–H and O–H groups in total. The standard InChI is InChI=1S/C18H34O2.Cd.O/c1-2-3-4-5-6-7-8-9-10-11-12-13-14-15-16-17-18(19)20;;/h9-10H,2-8,11-17H2,1H3,(H,19,20);;/q;+2;-2. The molecular formula is C18H34CdO3. The Bertz CT molecular complexity index is 242. The number of rotatable bonds is 15. The number of unbranched alkanes of at least 4 members (excludes halogenated alkanes) is 11. The first-order valence-corrected chi connectivity index (χ1v) is 8.64. The molecule has 0 bridgehead atoms. The average molecular weight is 411 g/mol. The normalized spacial score (nSPS) is 10.2. The molecule has 0 saturated carbocycles. The molecule has 3 nitrogen and oxygen atoms in total. The van der Waals surface area contributed by atoms with Crippen molar-refractivity contribution in [2.45, 2.75) is 96.8 Å². The largest absolute Gasteiger partial charge is 2.00 e. The summed E-state index contributed by atoms with van der Waals surface area (Å²) >= 11 is 0. The van der Waals surface area contributed by atoms with E-state index in [1.165, 1.54) is 70.6 Å². The fourth-order valence-electron chi connectivity index (χ4n) is 2.35. The summed E-state index contributed by atoms with van der Waals surface area (Å²) in [5.74, 6) is -0.664. The van der Waals surface area contributed by atoms with Gasteiger partial charge in [0.1, 0.15) is 0 Å². The first-order valence-electron chi connectivity index (χ1n) is 8.64. The molecule has 0 unspecified atom stereocenters. The molecule has 0 heterocycles. The Labute approximate surface area is 157 Å². The third kappa shape index (κ3) is 25.1. The fourth-order valence-corrected chi connectivity index (χ4v) is 2.35. The van der Waals surface area contributed by atoms with Crippen molar-refractivity contribution in [2.75, 3.05) is 0 Å². The summed E-state index contributed by atoms with van der Waals surface area (Å²) in [5.41, 5.74) is 0. The number of hydrogen-bond acceptors (Lipinski definition) is 1. The van der Waals surface area contributed by atoms with Crippen LogP contribution >= 0.6 is 0 Å². The molecule has 0 aliphatic rings. The van der Waals surface area contributed by atoms with E-state index in [-0.39, 0.29) is 32.8 Å². The number of carboxylic acids is 1. The topological polar surface area (TPSA) is 65.8 Å². The number of aliphatic carboxylic acids is 1. The van der Waals surface area contributed by atoms with E-state index in [1.54, 1.807) is 0 Å². The Morgan fingerprint density at radius 2 is 1.18 bits per heavy atom. The Balaban J connectivity index is -0.00000180. The molecule has 0 amide bonds. The van der Waals surface area contributed by atoms with E-state index in [0.717, 1.165) is 12.8 Å². The van der Waals surface area contributed by atoms with Crippen molar-refractivity contribution in [1.29, 1.82) is 0 Å². The van der Waals surface area contributed by atoms with E-state index in [9.17, 15) is 4.79 Å². The number of carboxylic acid groups (broad SMARTS) is 1. The summed E-state index contributed by atoms with van der Waals surface area (Å²) < 4.78 is 0. The van der Waals surface area contributed by atoms with Crippen molar-refractivity contribution in [1.82, 2.24) is 0 Å². The van der Waals surface area contributed by atoms with E-state index in [0.29, 0.717) is 6.42 Å². The molecular weight excluding hydrogens is 377 g/mol. The van der Waals surface area contributed by atoms with Crippen LogP contribution in [0, 0.1) is 0 Å². The van der Waals surface area contributed by atoms with Gasteiger partial charge in [-0.15, -0.1) is 0 Å². The SMILES string of the molecule is CCCCCCCCC=CCCCCCCCC(=O)O.[Cd+2].[O-2]. The zero-order valence-corrected chi connectivity index (χ0v) is 18.6. The minimum Gasteiger partial charge on any atom is -2.00 e. The Hall–Kier alpha value is 0.0921. The maximum absolute atomic E-state index is 10.3.